The number of carbonyl (C=O) groups excluding carboxylic acids is 3. The Balaban J connectivity index is 4.31. The van der Waals surface area contributed by atoms with Crippen LogP contribution >= 0.6 is 0 Å². The molecule has 6 nitrogen and oxygen atoms in total. The van der Waals surface area contributed by atoms with Gasteiger partial charge in [-0.2, -0.15) is 0 Å². The molecule has 0 heterocycles. The van der Waals surface area contributed by atoms with Crippen LogP contribution in [0.2, 0.25) is 0 Å². The van der Waals surface area contributed by atoms with Crippen LogP contribution < -0.4 is 0 Å². The molecular formula is C77H140O6. The minimum atomic E-state index is -0.786. The van der Waals surface area contributed by atoms with E-state index in [1.165, 1.54) is 257 Å². The van der Waals surface area contributed by atoms with Crippen LogP contribution in [0.25, 0.3) is 0 Å². The predicted octanol–water partition coefficient (Wildman–Crippen LogP) is 25.5. The second-order valence-electron chi connectivity index (χ2n) is 24.8. The van der Waals surface area contributed by atoms with Crippen LogP contribution in [0.1, 0.15) is 393 Å². The van der Waals surface area contributed by atoms with Crippen LogP contribution in [0.3, 0.4) is 0 Å². The van der Waals surface area contributed by atoms with Gasteiger partial charge in [-0.25, -0.2) is 0 Å². The number of esters is 3. The van der Waals surface area contributed by atoms with Gasteiger partial charge in [0.15, 0.2) is 6.10 Å². The molecule has 0 aliphatic rings. The molecule has 0 rings (SSSR count). The zero-order valence-electron chi connectivity index (χ0n) is 55.7. The number of ether oxygens (including phenoxy) is 3. The number of allylic oxidation sites excluding steroid dienone is 10. The molecule has 0 saturated carbocycles. The Kier molecular flexibility index (Phi) is 69.1. The lowest BCUT2D eigenvalue weighted by molar-refractivity contribution is -0.167. The van der Waals surface area contributed by atoms with Crippen molar-refractivity contribution in [2.45, 2.75) is 399 Å². The lowest BCUT2D eigenvalue weighted by Crippen LogP contribution is -2.30. The number of hydrogen-bond donors (Lipinski definition) is 0. The molecule has 0 saturated heterocycles. The third kappa shape index (κ3) is 69.8. The van der Waals surface area contributed by atoms with E-state index in [0.29, 0.717) is 19.3 Å². The number of rotatable bonds is 68. The molecule has 0 aliphatic heterocycles. The van der Waals surface area contributed by atoms with Crippen LogP contribution in [-0.2, 0) is 28.6 Å². The van der Waals surface area contributed by atoms with E-state index in [-0.39, 0.29) is 31.1 Å². The van der Waals surface area contributed by atoms with Crippen molar-refractivity contribution in [3.63, 3.8) is 0 Å². The second-order valence-corrected chi connectivity index (χ2v) is 24.8. The highest BCUT2D eigenvalue weighted by Gasteiger charge is 2.19. The van der Waals surface area contributed by atoms with Crippen molar-refractivity contribution in [3.8, 4) is 0 Å². The molecule has 0 bridgehead atoms. The van der Waals surface area contributed by atoms with Gasteiger partial charge in [-0.1, -0.05) is 351 Å². The fourth-order valence-electron chi connectivity index (χ4n) is 11.0. The average molecular weight is 1160 g/mol. The van der Waals surface area contributed by atoms with Crippen LogP contribution in [0.5, 0.6) is 0 Å². The first-order valence-corrected chi connectivity index (χ1v) is 36.8. The number of hydrogen-bond acceptors (Lipinski definition) is 6. The lowest BCUT2D eigenvalue weighted by atomic mass is 10.0. The highest BCUT2D eigenvalue weighted by Crippen LogP contribution is 2.19. The van der Waals surface area contributed by atoms with Crippen LogP contribution in [0, 0.1) is 0 Å². The molecule has 0 amide bonds. The Labute approximate surface area is 517 Å². The summed E-state index contributed by atoms with van der Waals surface area (Å²) < 4.78 is 17.0. The normalized spacial score (nSPS) is 12.4. The van der Waals surface area contributed by atoms with Gasteiger partial charge in [0.05, 0.1) is 0 Å². The first kappa shape index (κ1) is 80.1. The smallest absolute Gasteiger partial charge is 0.306 e. The zero-order chi connectivity index (χ0) is 59.9. The maximum absolute atomic E-state index is 13.0. The van der Waals surface area contributed by atoms with Crippen LogP contribution in [0.4, 0.5) is 0 Å². The minimum Gasteiger partial charge on any atom is -0.462 e. The molecule has 0 radical (unpaired) electrons. The number of unbranched alkanes of at least 4 members (excludes halogenated alkanes) is 47. The molecule has 1 atom stereocenters. The second kappa shape index (κ2) is 71.6. The Morgan fingerprint density at radius 1 is 0.253 bits per heavy atom. The first-order valence-electron chi connectivity index (χ1n) is 36.8. The lowest BCUT2D eigenvalue weighted by Gasteiger charge is -2.18. The Morgan fingerprint density at radius 2 is 0.470 bits per heavy atom. The summed E-state index contributed by atoms with van der Waals surface area (Å²) in [5, 5.41) is 0. The van der Waals surface area contributed by atoms with E-state index >= 15 is 0 Å². The molecule has 0 aromatic heterocycles. The van der Waals surface area contributed by atoms with E-state index < -0.39 is 6.10 Å². The molecule has 83 heavy (non-hydrogen) atoms. The standard InChI is InChI=1S/C77H140O6/c1-4-7-10-13-16-19-22-25-28-31-33-35-37-38-40-41-43-46-49-52-55-58-61-64-67-70-76(79)82-73-74(72-81-75(78)69-66-63-60-57-54-51-48-45-30-27-24-21-18-15-12-9-6-3)83-77(80)71-68-65-62-59-56-53-50-47-44-42-39-36-34-32-29-26-23-20-17-14-11-8-5-2/h9,12,18,21,27,30,32,34,48,51,74H,4-8,10-11,13-17,19-20,22-26,28-29,31,33,35-47,49-50,52-73H2,1-3H3/b12-9-,21-18-,30-27-,34-32-,51-48-. The van der Waals surface area contributed by atoms with E-state index in [1.54, 1.807) is 0 Å². The quantitative estimate of drug-likeness (QED) is 0.0261. The van der Waals surface area contributed by atoms with Crippen molar-refractivity contribution in [3.05, 3.63) is 60.8 Å². The maximum Gasteiger partial charge on any atom is 0.306 e. The summed E-state index contributed by atoms with van der Waals surface area (Å²) in [5.41, 5.74) is 0. The molecule has 0 spiro atoms. The van der Waals surface area contributed by atoms with Gasteiger partial charge in [0.1, 0.15) is 13.2 Å². The third-order valence-electron chi connectivity index (χ3n) is 16.5. The van der Waals surface area contributed by atoms with Gasteiger partial charge in [-0.3, -0.25) is 14.4 Å². The fraction of sp³-hybridized carbons (Fsp3) is 0.831. The van der Waals surface area contributed by atoms with E-state index in [0.717, 1.165) is 96.3 Å². The van der Waals surface area contributed by atoms with Crippen molar-refractivity contribution in [2.75, 3.05) is 13.2 Å². The van der Waals surface area contributed by atoms with Crippen molar-refractivity contribution in [1.82, 2.24) is 0 Å². The third-order valence-corrected chi connectivity index (χ3v) is 16.5. The monoisotopic (exact) mass is 1160 g/mol. The van der Waals surface area contributed by atoms with Gasteiger partial charge < -0.3 is 14.2 Å². The van der Waals surface area contributed by atoms with Gasteiger partial charge in [-0.05, 0) is 83.5 Å². The summed E-state index contributed by atoms with van der Waals surface area (Å²) in [6.45, 7) is 6.58. The number of carbonyl (C=O) groups is 3. The summed E-state index contributed by atoms with van der Waals surface area (Å²) in [5.74, 6) is -0.877. The van der Waals surface area contributed by atoms with Crippen LogP contribution in [-0.4, -0.2) is 37.2 Å². The fourth-order valence-corrected chi connectivity index (χ4v) is 11.0. The average Bonchev–Trinajstić information content (AvgIpc) is 3.49. The Hall–Kier alpha value is -2.89. The van der Waals surface area contributed by atoms with E-state index in [4.69, 9.17) is 14.2 Å². The van der Waals surface area contributed by atoms with Gasteiger partial charge in [0, 0.05) is 19.3 Å². The summed E-state index contributed by atoms with van der Waals surface area (Å²) in [4.78, 5) is 38.5. The summed E-state index contributed by atoms with van der Waals surface area (Å²) in [6.07, 6.45) is 92.6. The highest BCUT2D eigenvalue weighted by molar-refractivity contribution is 5.71. The molecule has 1 unspecified atom stereocenters. The molecular weight excluding hydrogens is 1020 g/mol. The van der Waals surface area contributed by atoms with Crippen molar-refractivity contribution in [1.29, 1.82) is 0 Å². The molecule has 0 fully saturated rings. The van der Waals surface area contributed by atoms with Crippen LogP contribution in [0.15, 0.2) is 60.8 Å². The minimum absolute atomic E-state index is 0.0783. The highest BCUT2D eigenvalue weighted by atomic mass is 16.6. The van der Waals surface area contributed by atoms with Gasteiger partial charge in [-0.15, -0.1) is 0 Å². The maximum atomic E-state index is 13.0. The summed E-state index contributed by atoms with van der Waals surface area (Å²) in [7, 11) is 0. The van der Waals surface area contributed by atoms with Gasteiger partial charge in [0.2, 0.25) is 0 Å². The Bertz CT molecular complexity index is 1470. The topological polar surface area (TPSA) is 78.9 Å². The summed E-state index contributed by atoms with van der Waals surface area (Å²) in [6, 6.07) is 0. The SMILES string of the molecule is CC/C=C\C/C=C\C/C=C\C/C=C\CCCCCCC(=O)OCC(COC(=O)CCCCCCCCCCCCCCCCCCCCCCCCCCC)OC(=O)CCCCCCCCCCCCC/C=C\CCCCCCCCCC. The predicted molar refractivity (Wildman–Crippen MR) is 362 cm³/mol. The van der Waals surface area contributed by atoms with Gasteiger partial charge >= 0.3 is 17.9 Å². The molecule has 0 aromatic rings. The Morgan fingerprint density at radius 3 is 0.747 bits per heavy atom. The van der Waals surface area contributed by atoms with Crippen molar-refractivity contribution in [2.24, 2.45) is 0 Å². The summed E-state index contributed by atoms with van der Waals surface area (Å²) >= 11 is 0. The van der Waals surface area contributed by atoms with Crippen molar-refractivity contribution >= 4 is 17.9 Å². The van der Waals surface area contributed by atoms with E-state index in [1.807, 2.05) is 0 Å². The zero-order valence-corrected chi connectivity index (χ0v) is 55.7. The molecule has 0 aromatic carbocycles. The first-order chi connectivity index (χ1) is 41.0. The molecule has 0 N–H and O–H groups in total. The van der Waals surface area contributed by atoms with Crippen molar-refractivity contribution < 1.29 is 28.6 Å². The van der Waals surface area contributed by atoms with Gasteiger partial charge in [0.25, 0.3) is 0 Å². The largest absolute Gasteiger partial charge is 0.462 e. The molecule has 0 aliphatic carbocycles. The van der Waals surface area contributed by atoms with E-state index in [2.05, 4.69) is 81.5 Å². The molecule has 6 heteroatoms. The molecule has 484 valence electrons. The van der Waals surface area contributed by atoms with E-state index in [9.17, 15) is 14.4 Å².